The predicted octanol–water partition coefficient (Wildman–Crippen LogP) is 3.84. The average molecular weight is 291 g/mol. The lowest BCUT2D eigenvalue weighted by atomic mass is 9.99. The van der Waals surface area contributed by atoms with E-state index in [0.29, 0.717) is 11.1 Å². The standard InChI is InChI=1S/C16H21NO4/c1-4-5-6-7-13-8-9-14(10-12(2)17(19)20)15(11-13)16(18)21-3/h8-11H,4-7H2,1-3H3/b12-10+. The highest BCUT2D eigenvalue weighted by Gasteiger charge is 2.13. The predicted molar refractivity (Wildman–Crippen MR) is 81.7 cm³/mol. The summed E-state index contributed by atoms with van der Waals surface area (Å²) in [6.07, 6.45) is 5.60. The van der Waals surface area contributed by atoms with E-state index in [9.17, 15) is 14.9 Å². The number of hydrogen-bond acceptors (Lipinski definition) is 4. The fourth-order valence-corrected chi connectivity index (χ4v) is 2.03. The van der Waals surface area contributed by atoms with Crippen LogP contribution in [0.4, 0.5) is 0 Å². The third-order valence-corrected chi connectivity index (χ3v) is 3.24. The van der Waals surface area contributed by atoms with Crippen molar-refractivity contribution in [1.29, 1.82) is 0 Å². The van der Waals surface area contributed by atoms with Gasteiger partial charge in [-0.1, -0.05) is 31.9 Å². The summed E-state index contributed by atoms with van der Waals surface area (Å²) in [7, 11) is 1.31. The second-order valence-corrected chi connectivity index (χ2v) is 4.91. The summed E-state index contributed by atoms with van der Waals surface area (Å²) in [5.41, 5.74) is 1.90. The first-order valence-corrected chi connectivity index (χ1v) is 7.03. The first-order valence-electron chi connectivity index (χ1n) is 7.03. The number of benzene rings is 1. The molecule has 0 saturated heterocycles. The van der Waals surface area contributed by atoms with E-state index in [1.807, 2.05) is 6.07 Å². The smallest absolute Gasteiger partial charge is 0.338 e. The Morgan fingerprint density at radius 1 is 1.38 bits per heavy atom. The summed E-state index contributed by atoms with van der Waals surface area (Å²) < 4.78 is 4.76. The zero-order chi connectivity index (χ0) is 15.8. The number of esters is 1. The molecule has 0 bridgehead atoms. The molecule has 21 heavy (non-hydrogen) atoms. The average Bonchev–Trinajstić information content (AvgIpc) is 2.47. The molecule has 0 amide bonds. The van der Waals surface area contributed by atoms with E-state index in [0.717, 1.165) is 31.2 Å². The number of rotatable bonds is 7. The molecule has 0 aromatic heterocycles. The van der Waals surface area contributed by atoms with Gasteiger partial charge in [0.15, 0.2) is 0 Å². The normalized spacial score (nSPS) is 11.3. The van der Waals surface area contributed by atoms with Crippen LogP contribution in [0.15, 0.2) is 23.9 Å². The summed E-state index contributed by atoms with van der Waals surface area (Å²) in [6.45, 7) is 3.53. The van der Waals surface area contributed by atoms with Gasteiger partial charge in [0.25, 0.3) is 0 Å². The molecule has 1 aromatic rings. The third kappa shape index (κ3) is 5.02. The van der Waals surface area contributed by atoms with Crippen LogP contribution in [0.3, 0.4) is 0 Å². The summed E-state index contributed by atoms with van der Waals surface area (Å²) in [5, 5.41) is 10.7. The van der Waals surface area contributed by atoms with Gasteiger partial charge in [-0.3, -0.25) is 10.1 Å². The third-order valence-electron chi connectivity index (χ3n) is 3.24. The van der Waals surface area contributed by atoms with E-state index < -0.39 is 10.9 Å². The Hall–Kier alpha value is -2.17. The maximum atomic E-state index is 11.8. The number of allylic oxidation sites excluding steroid dienone is 1. The van der Waals surface area contributed by atoms with E-state index in [2.05, 4.69) is 6.92 Å². The molecule has 0 saturated carbocycles. The molecular weight excluding hydrogens is 270 g/mol. The van der Waals surface area contributed by atoms with E-state index in [1.165, 1.54) is 20.1 Å². The van der Waals surface area contributed by atoms with Crippen molar-refractivity contribution in [2.45, 2.75) is 39.5 Å². The van der Waals surface area contributed by atoms with Crippen molar-refractivity contribution in [3.05, 3.63) is 50.7 Å². The first-order chi connectivity index (χ1) is 9.99. The largest absolute Gasteiger partial charge is 0.465 e. The van der Waals surface area contributed by atoms with E-state index in [1.54, 1.807) is 12.1 Å². The van der Waals surface area contributed by atoms with Crippen LogP contribution in [0, 0.1) is 10.1 Å². The van der Waals surface area contributed by atoms with E-state index in [-0.39, 0.29) is 5.70 Å². The molecular formula is C16H21NO4. The van der Waals surface area contributed by atoms with Crippen molar-refractivity contribution in [3.8, 4) is 0 Å². The lowest BCUT2D eigenvalue weighted by Gasteiger charge is -2.08. The molecule has 0 aliphatic heterocycles. The second kappa shape index (κ2) is 8.19. The molecule has 0 unspecified atom stereocenters. The second-order valence-electron chi connectivity index (χ2n) is 4.91. The monoisotopic (exact) mass is 291 g/mol. The molecule has 0 atom stereocenters. The number of ether oxygens (including phenoxy) is 1. The van der Waals surface area contributed by atoms with Gasteiger partial charge in [0, 0.05) is 13.0 Å². The molecule has 0 spiro atoms. The zero-order valence-electron chi connectivity index (χ0n) is 12.7. The molecule has 0 aliphatic rings. The molecule has 0 N–H and O–H groups in total. The van der Waals surface area contributed by atoms with Crippen molar-refractivity contribution >= 4 is 12.0 Å². The maximum Gasteiger partial charge on any atom is 0.338 e. The number of carbonyl (C=O) groups excluding carboxylic acids is 1. The molecule has 0 fully saturated rings. The van der Waals surface area contributed by atoms with Crippen LogP contribution in [0.25, 0.3) is 6.08 Å². The van der Waals surface area contributed by atoms with Crippen molar-refractivity contribution in [1.82, 2.24) is 0 Å². The van der Waals surface area contributed by atoms with Gasteiger partial charge >= 0.3 is 5.97 Å². The van der Waals surface area contributed by atoms with Gasteiger partial charge in [0.05, 0.1) is 17.6 Å². The van der Waals surface area contributed by atoms with Gasteiger partial charge in [-0.2, -0.15) is 0 Å². The molecule has 5 nitrogen and oxygen atoms in total. The Morgan fingerprint density at radius 3 is 2.67 bits per heavy atom. The van der Waals surface area contributed by atoms with Crippen LogP contribution in [0.2, 0.25) is 0 Å². The minimum Gasteiger partial charge on any atom is -0.465 e. The molecule has 0 aliphatic carbocycles. The van der Waals surface area contributed by atoms with Crippen molar-refractivity contribution in [2.24, 2.45) is 0 Å². The van der Waals surface area contributed by atoms with Crippen LogP contribution in [-0.2, 0) is 11.2 Å². The van der Waals surface area contributed by atoms with Crippen LogP contribution in [0.5, 0.6) is 0 Å². The van der Waals surface area contributed by atoms with Crippen LogP contribution >= 0.6 is 0 Å². The summed E-state index contributed by atoms with van der Waals surface area (Å²) in [6, 6.07) is 5.41. The number of nitrogens with zero attached hydrogens (tertiary/aromatic N) is 1. The van der Waals surface area contributed by atoms with Crippen molar-refractivity contribution < 1.29 is 14.5 Å². The topological polar surface area (TPSA) is 69.4 Å². The Morgan fingerprint density at radius 2 is 2.10 bits per heavy atom. The van der Waals surface area contributed by atoms with Gasteiger partial charge in [0.2, 0.25) is 5.70 Å². The summed E-state index contributed by atoms with van der Waals surface area (Å²) in [5.74, 6) is -0.477. The van der Waals surface area contributed by atoms with Crippen LogP contribution in [-0.4, -0.2) is 18.0 Å². The van der Waals surface area contributed by atoms with E-state index in [4.69, 9.17) is 4.74 Å². The quantitative estimate of drug-likeness (QED) is 0.331. The number of aryl methyl sites for hydroxylation is 1. The number of nitro groups is 1. The van der Waals surface area contributed by atoms with Crippen molar-refractivity contribution in [3.63, 3.8) is 0 Å². The minimum absolute atomic E-state index is 0.0149. The molecule has 1 aromatic carbocycles. The van der Waals surface area contributed by atoms with Crippen molar-refractivity contribution in [2.75, 3.05) is 7.11 Å². The highest BCUT2D eigenvalue weighted by molar-refractivity contribution is 5.93. The van der Waals surface area contributed by atoms with Gasteiger partial charge in [-0.25, -0.2) is 4.79 Å². The lowest BCUT2D eigenvalue weighted by molar-refractivity contribution is -0.422. The number of hydrogen-bond donors (Lipinski definition) is 0. The SMILES string of the molecule is CCCCCc1ccc(/C=C(\C)[N+](=O)[O-])c(C(=O)OC)c1. The molecule has 5 heteroatoms. The van der Waals surface area contributed by atoms with Crippen LogP contribution in [0.1, 0.15) is 54.6 Å². The fraction of sp³-hybridized carbons (Fsp3) is 0.438. The number of carbonyl (C=O) groups is 1. The molecule has 114 valence electrons. The molecule has 1 rings (SSSR count). The molecule has 0 heterocycles. The lowest BCUT2D eigenvalue weighted by Crippen LogP contribution is -2.05. The Balaban J connectivity index is 3.11. The minimum atomic E-state index is -0.477. The summed E-state index contributed by atoms with van der Waals surface area (Å²) in [4.78, 5) is 22.1. The van der Waals surface area contributed by atoms with Gasteiger partial charge < -0.3 is 4.74 Å². The first kappa shape index (κ1) is 16.9. The number of unbranched alkanes of at least 4 members (excludes halogenated alkanes) is 2. The number of methoxy groups -OCH3 is 1. The fourth-order valence-electron chi connectivity index (χ4n) is 2.03. The van der Waals surface area contributed by atoms with Gasteiger partial charge in [-0.15, -0.1) is 0 Å². The molecule has 0 radical (unpaired) electrons. The Labute approximate surface area is 124 Å². The zero-order valence-corrected chi connectivity index (χ0v) is 12.7. The summed E-state index contributed by atoms with van der Waals surface area (Å²) >= 11 is 0. The Bertz CT molecular complexity index is 549. The maximum absolute atomic E-state index is 11.8. The highest BCUT2D eigenvalue weighted by atomic mass is 16.6. The van der Waals surface area contributed by atoms with Gasteiger partial charge in [0.1, 0.15) is 0 Å². The van der Waals surface area contributed by atoms with Crippen LogP contribution < -0.4 is 0 Å². The Kier molecular flexibility index (Phi) is 6.59. The highest BCUT2D eigenvalue weighted by Crippen LogP contribution is 2.18. The van der Waals surface area contributed by atoms with Gasteiger partial charge in [-0.05, 0) is 30.0 Å². The van der Waals surface area contributed by atoms with E-state index >= 15 is 0 Å².